The minimum atomic E-state index is 0.739. The SMILES string of the molecule is COc1cc2[nH]ncc2cc1Nc1ncnc2sc3c(c12)CCC(C)C3. The molecular formula is C19H19N5OS. The first kappa shape index (κ1) is 15.6. The van der Waals surface area contributed by atoms with Crippen LogP contribution in [0.25, 0.3) is 21.1 Å². The molecule has 0 radical (unpaired) electrons. The van der Waals surface area contributed by atoms with E-state index >= 15 is 0 Å². The molecule has 0 fully saturated rings. The molecule has 132 valence electrons. The van der Waals surface area contributed by atoms with Crippen molar-refractivity contribution in [3.05, 3.63) is 35.1 Å². The summed E-state index contributed by atoms with van der Waals surface area (Å²) in [5.74, 6) is 2.35. The minimum absolute atomic E-state index is 0.739. The number of anilines is 2. The van der Waals surface area contributed by atoms with Crippen LogP contribution in [0.4, 0.5) is 11.5 Å². The van der Waals surface area contributed by atoms with Crippen molar-refractivity contribution in [3.8, 4) is 5.75 Å². The predicted molar refractivity (Wildman–Crippen MR) is 105 cm³/mol. The van der Waals surface area contributed by atoms with Crippen LogP contribution in [0, 0.1) is 5.92 Å². The van der Waals surface area contributed by atoms with E-state index in [9.17, 15) is 0 Å². The Bertz CT molecular complexity index is 1120. The summed E-state index contributed by atoms with van der Waals surface area (Å²) in [4.78, 5) is 11.6. The van der Waals surface area contributed by atoms with E-state index in [-0.39, 0.29) is 0 Å². The molecule has 5 rings (SSSR count). The zero-order valence-electron chi connectivity index (χ0n) is 14.7. The van der Waals surface area contributed by atoms with Crippen LogP contribution in [-0.2, 0) is 12.8 Å². The molecule has 7 heteroatoms. The number of ether oxygens (including phenoxy) is 1. The van der Waals surface area contributed by atoms with Gasteiger partial charge >= 0.3 is 0 Å². The summed E-state index contributed by atoms with van der Waals surface area (Å²) < 4.78 is 5.56. The summed E-state index contributed by atoms with van der Waals surface area (Å²) in [5.41, 5.74) is 3.24. The Hall–Kier alpha value is -2.67. The second-order valence-electron chi connectivity index (χ2n) is 6.89. The number of aromatic amines is 1. The lowest BCUT2D eigenvalue weighted by Crippen LogP contribution is -2.09. The fourth-order valence-electron chi connectivity index (χ4n) is 3.74. The Morgan fingerprint density at radius 2 is 2.23 bits per heavy atom. The van der Waals surface area contributed by atoms with Gasteiger partial charge in [-0.15, -0.1) is 11.3 Å². The summed E-state index contributed by atoms with van der Waals surface area (Å²) in [5, 5.41) is 12.7. The van der Waals surface area contributed by atoms with Crippen LogP contribution in [0.15, 0.2) is 24.7 Å². The number of methoxy groups -OCH3 is 1. The number of nitrogens with one attached hydrogen (secondary N) is 2. The number of thiophene rings is 1. The molecule has 0 bridgehead atoms. The highest BCUT2D eigenvalue weighted by molar-refractivity contribution is 7.19. The molecule has 0 aliphatic heterocycles. The van der Waals surface area contributed by atoms with Crippen molar-refractivity contribution in [1.82, 2.24) is 20.2 Å². The second kappa shape index (κ2) is 5.95. The van der Waals surface area contributed by atoms with Gasteiger partial charge < -0.3 is 10.1 Å². The maximum atomic E-state index is 5.56. The Kier molecular flexibility index (Phi) is 3.56. The molecule has 1 aliphatic carbocycles. The van der Waals surface area contributed by atoms with Gasteiger partial charge in [-0.3, -0.25) is 5.10 Å². The van der Waals surface area contributed by atoms with Crippen molar-refractivity contribution in [3.63, 3.8) is 0 Å². The van der Waals surface area contributed by atoms with Gasteiger partial charge in [0.25, 0.3) is 0 Å². The first-order chi connectivity index (χ1) is 12.7. The lowest BCUT2D eigenvalue weighted by Gasteiger charge is -2.18. The second-order valence-corrected chi connectivity index (χ2v) is 7.97. The van der Waals surface area contributed by atoms with E-state index < -0.39 is 0 Å². The van der Waals surface area contributed by atoms with E-state index in [0.29, 0.717) is 0 Å². The molecule has 2 N–H and O–H groups in total. The van der Waals surface area contributed by atoms with Crippen LogP contribution < -0.4 is 10.1 Å². The molecule has 1 aromatic carbocycles. The van der Waals surface area contributed by atoms with Crippen molar-refractivity contribution >= 4 is 44.0 Å². The van der Waals surface area contributed by atoms with E-state index in [1.165, 1.54) is 16.9 Å². The lowest BCUT2D eigenvalue weighted by atomic mass is 9.89. The number of hydrogen-bond acceptors (Lipinski definition) is 6. The highest BCUT2D eigenvalue weighted by Crippen LogP contribution is 2.41. The molecular weight excluding hydrogens is 346 g/mol. The standard InChI is InChI=1S/C19H19N5OS/c1-10-3-4-12-16(5-10)26-19-17(12)18(20-9-21-19)23-14-6-11-8-22-24-13(11)7-15(14)25-2/h6-10H,3-5H2,1-2H3,(H,22,24)(H,20,21,23). The van der Waals surface area contributed by atoms with Gasteiger partial charge in [0.15, 0.2) is 0 Å². The third kappa shape index (κ3) is 2.42. The molecule has 1 aliphatic rings. The Morgan fingerprint density at radius 1 is 1.31 bits per heavy atom. The third-order valence-corrected chi connectivity index (χ3v) is 6.27. The zero-order chi connectivity index (χ0) is 17.7. The molecule has 0 spiro atoms. The van der Waals surface area contributed by atoms with Gasteiger partial charge in [0, 0.05) is 16.3 Å². The number of nitrogens with zero attached hydrogens (tertiary/aromatic N) is 3. The normalized spacial score (nSPS) is 16.8. The van der Waals surface area contributed by atoms with Gasteiger partial charge in [0.1, 0.15) is 22.7 Å². The number of hydrogen-bond donors (Lipinski definition) is 2. The average molecular weight is 365 g/mol. The molecule has 1 unspecified atom stereocenters. The number of H-pyrrole nitrogens is 1. The fraction of sp³-hybridized carbons (Fsp3) is 0.316. The van der Waals surface area contributed by atoms with Crippen LogP contribution >= 0.6 is 11.3 Å². The van der Waals surface area contributed by atoms with Crippen molar-refractivity contribution in [2.45, 2.75) is 26.2 Å². The zero-order valence-corrected chi connectivity index (χ0v) is 15.5. The number of fused-ring (bicyclic) bond motifs is 4. The lowest BCUT2D eigenvalue weighted by molar-refractivity contribution is 0.417. The monoisotopic (exact) mass is 365 g/mol. The summed E-state index contributed by atoms with van der Waals surface area (Å²) in [6.07, 6.45) is 6.90. The summed E-state index contributed by atoms with van der Waals surface area (Å²) in [6.45, 7) is 2.32. The predicted octanol–water partition coefficient (Wildman–Crippen LogP) is 4.44. The Morgan fingerprint density at radius 3 is 3.12 bits per heavy atom. The van der Waals surface area contributed by atoms with Crippen molar-refractivity contribution in [2.24, 2.45) is 5.92 Å². The largest absolute Gasteiger partial charge is 0.494 e. The van der Waals surface area contributed by atoms with Crippen LogP contribution in [0.3, 0.4) is 0 Å². The van der Waals surface area contributed by atoms with Gasteiger partial charge in [-0.1, -0.05) is 6.92 Å². The van der Waals surface area contributed by atoms with Crippen molar-refractivity contribution in [1.29, 1.82) is 0 Å². The van der Waals surface area contributed by atoms with E-state index in [1.807, 2.05) is 18.3 Å². The van der Waals surface area contributed by atoms with Gasteiger partial charge in [-0.05, 0) is 36.8 Å². The van der Waals surface area contributed by atoms with Gasteiger partial charge in [-0.2, -0.15) is 5.10 Å². The summed E-state index contributed by atoms with van der Waals surface area (Å²) in [7, 11) is 1.67. The van der Waals surface area contributed by atoms with Crippen molar-refractivity contribution in [2.75, 3.05) is 12.4 Å². The van der Waals surface area contributed by atoms with Crippen LogP contribution in [0.1, 0.15) is 23.8 Å². The molecule has 0 amide bonds. The maximum Gasteiger partial charge on any atom is 0.144 e. The highest BCUT2D eigenvalue weighted by Gasteiger charge is 2.23. The number of aromatic nitrogens is 4. The van der Waals surface area contributed by atoms with Crippen LogP contribution in [-0.4, -0.2) is 27.3 Å². The number of rotatable bonds is 3. The summed E-state index contributed by atoms with van der Waals surface area (Å²) >= 11 is 1.80. The van der Waals surface area contributed by atoms with Gasteiger partial charge in [0.05, 0.1) is 29.9 Å². The number of benzene rings is 1. The van der Waals surface area contributed by atoms with E-state index in [2.05, 4.69) is 32.4 Å². The molecule has 6 nitrogen and oxygen atoms in total. The topological polar surface area (TPSA) is 75.7 Å². The first-order valence-corrected chi connectivity index (χ1v) is 9.58. The van der Waals surface area contributed by atoms with E-state index in [0.717, 1.165) is 57.1 Å². The van der Waals surface area contributed by atoms with Crippen LogP contribution in [0.2, 0.25) is 0 Å². The molecule has 1 atom stereocenters. The first-order valence-electron chi connectivity index (χ1n) is 8.76. The highest BCUT2D eigenvalue weighted by atomic mass is 32.1. The third-order valence-electron chi connectivity index (χ3n) is 5.11. The molecule has 3 heterocycles. The van der Waals surface area contributed by atoms with E-state index in [4.69, 9.17) is 4.74 Å². The molecule has 0 saturated carbocycles. The average Bonchev–Trinajstić information content (AvgIpc) is 3.24. The molecule has 0 saturated heterocycles. The van der Waals surface area contributed by atoms with Crippen molar-refractivity contribution < 1.29 is 4.74 Å². The van der Waals surface area contributed by atoms with Crippen LogP contribution in [0.5, 0.6) is 5.75 Å². The molecule has 3 aromatic heterocycles. The smallest absolute Gasteiger partial charge is 0.144 e. The number of aryl methyl sites for hydroxylation is 1. The quantitative estimate of drug-likeness (QED) is 0.561. The Labute approximate surface area is 154 Å². The summed E-state index contributed by atoms with van der Waals surface area (Å²) in [6, 6.07) is 3.99. The van der Waals surface area contributed by atoms with Gasteiger partial charge in [0.2, 0.25) is 0 Å². The minimum Gasteiger partial charge on any atom is -0.494 e. The molecule has 4 aromatic rings. The maximum absolute atomic E-state index is 5.56. The van der Waals surface area contributed by atoms with E-state index in [1.54, 1.807) is 24.8 Å². The fourth-order valence-corrected chi connectivity index (χ4v) is 5.09. The van der Waals surface area contributed by atoms with Gasteiger partial charge in [-0.25, -0.2) is 9.97 Å². The Balaban J connectivity index is 1.64. The molecule has 26 heavy (non-hydrogen) atoms.